The molecule has 0 fully saturated rings. The van der Waals surface area contributed by atoms with Gasteiger partial charge in [0.15, 0.2) is 11.9 Å². The number of rotatable bonds is 7. The highest BCUT2D eigenvalue weighted by Crippen LogP contribution is 2.45. The molecular formula is C25H20F9NO3. The molecule has 1 N–H and O–H groups in total. The second kappa shape index (κ2) is 10.4. The van der Waals surface area contributed by atoms with E-state index >= 15 is 0 Å². The van der Waals surface area contributed by atoms with Crippen molar-refractivity contribution < 1.29 is 54.1 Å². The number of halogens is 9. The van der Waals surface area contributed by atoms with Crippen molar-refractivity contribution in [3.05, 3.63) is 72.0 Å². The van der Waals surface area contributed by atoms with Crippen molar-refractivity contribution in [3.63, 3.8) is 0 Å². The zero-order chi connectivity index (χ0) is 27.8. The van der Waals surface area contributed by atoms with Gasteiger partial charge in [-0.2, -0.15) is 30.7 Å². The number of benzene rings is 2. The van der Waals surface area contributed by atoms with E-state index in [9.17, 15) is 44.6 Å². The van der Waals surface area contributed by atoms with E-state index in [2.05, 4.69) is 4.74 Å². The molecule has 0 saturated heterocycles. The summed E-state index contributed by atoms with van der Waals surface area (Å²) in [5, 5.41) is 9.86. The van der Waals surface area contributed by atoms with Crippen LogP contribution in [0, 0.1) is 17.6 Å². The van der Waals surface area contributed by atoms with E-state index < -0.39 is 60.7 Å². The molecule has 3 atom stereocenters. The lowest BCUT2D eigenvalue weighted by Gasteiger charge is -2.43. The maximum atomic E-state index is 13.9. The summed E-state index contributed by atoms with van der Waals surface area (Å²) >= 11 is 0. The third kappa shape index (κ3) is 5.87. The molecule has 1 unspecified atom stereocenters. The van der Waals surface area contributed by atoms with Gasteiger partial charge in [0.25, 0.3) is 0 Å². The predicted octanol–water partition coefficient (Wildman–Crippen LogP) is 6.46. The smallest absolute Gasteiger partial charge is 0.461 e. The van der Waals surface area contributed by atoms with Crippen molar-refractivity contribution in [2.24, 2.45) is 5.92 Å². The van der Waals surface area contributed by atoms with Gasteiger partial charge in [0.2, 0.25) is 0 Å². The van der Waals surface area contributed by atoms with E-state index in [0.29, 0.717) is 6.07 Å². The quantitative estimate of drug-likeness (QED) is 0.400. The number of β-amino-alcohol motifs (C(OH)–C–C–N with tert-alkyl or cyclic N) is 1. The molecule has 0 aromatic heterocycles. The maximum Gasteiger partial charge on any atom is 0.461 e. The topological polar surface area (TPSA) is 41.9 Å². The molecule has 38 heavy (non-hydrogen) atoms. The van der Waals surface area contributed by atoms with Crippen LogP contribution < -0.4 is 9.64 Å². The number of para-hydroxylation sites is 1. The monoisotopic (exact) mass is 553 g/mol. The molecule has 0 bridgehead atoms. The zero-order valence-corrected chi connectivity index (χ0v) is 19.2. The highest BCUT2D eigenvalue weighted by molar-refractivity contribution is 5.80. The fourth-order valence-corrected chi connectivity index (χ4v) is 4.37. The molecule has 206 valence electrons. The Kier molecular flexibility index (Phi) is 7.60. The van der Waals surface area contributed by atoms with Gasteiger partial charge in [-0.3, -0.25) is 0 Å². The number of hydrogen-bond donors (Lipinski definition) is 1. The standard InChI is InChI=1S/C25H20F9NO3/c26-15-7-14(8-16(27)10-15)18-5-2-6-19-22(18)37-12-20(35(19)11-21(36)24(30,31)32)13-3-1-4-17(9-13)38-25(33,34)23(28)29/h1-2,4-10,13,20-21,23,36H,3,11-12H2/t13?,20-,21-/m1/s1. The number of allylic oxidation sites excluding steroid dienone is 2. The van der Waals surface area contributed by atoms with Crippen LogP contribution >= 0.6 is 0 Å². The van der Waals surface area contributed by atoms with Crippen molar-refractivity contribution in [1.82, 2.24) is 0 Å². The molecule has 0 radical (unpaired) electrons. The van der Waals surface area contributed by atoms with Crippen molar-refractivity contribution >= 4 is 5.69 Å². The van der Waals surface area contributed by atoms with Crippen LogP contribution in [0.4, 0.5) is 45.2 Å². The summed E-state index contributed by atoms with van der Waals surface area (Å²) in [6.07, 6.45) is -13.2. The first-order valence-electron chi connectivity index (χ1n) is 11.2. The minimum absolute atomic E-state index is 0.0147. The van der Waals surface area contributed by atoms with Crippen LogP contribution in [0.5, 0.6) is 5.75 Å². The lowest BCUT2D eigenvalue weighted by atomic mass is 9.89. The molecule has 1 aliphatic carbocycles. The van der Waals surface area contributed by atoms with E-state index in [0.717, 1.165) is 29.2 Å². The number of ether oxygens (including phenoxy) is 2. The Bertz CT molecular complexity index is 1210. The predicted molar refractivity (Wildman–Crippen MR) is 118 cm³/mol. The lowest BCUT2D eigenvalue weighted by molar-refractivity contribution is -0.280. The third-order valence-electron chi connectivity index (χ3n) is 6.09. The van der Waals surface area contributed by atoms with E-state index in [1.807, 2.05) is 0 Å². The summed E-state index contributed by atoms with van der Waals surface area (Å²) in [5.41, 5.74) is 0.236. The number of fused-ring (bicyclic) bond motifs is 1. The van der Waals surface area contributed by atoms with Crippen molar-refractivity contribution in [1.29, 1.82) is 0 Å². The van der Waals surface area contributed by atoms with E-state index in [-0.39, 0.29) is 35.6 Å². The third-order valence-corrected chi connectivity index (χ3v) is 6.09. The van der Waals surface area contributed by atoms with Crippen LogP contribution in [0.25, 0.3) is 11.1 Å². The highest BCUT2D eigenvalue weighted by Gasteiger charge is 2.46. The normalized spacial score (nSPS) is 20.6. The van der Waals surface area contributed by atoms with Crippen LogP contribution in [0.2, 0.25) is 0 Å². The molecule has 0 saturated carbocycles. The number of aliphatic hydroxyl groups is 1. The van der Waals surface area contributed by atoms with Gasteiger partial charge in [-0.15, -0.1) is 0 Å². The molecule has 0 spiro atoms. The number of aliphatic hydroxyl groups excluding tert-OH is 1. The molecule has 2 aromatic rings. The summed E-state index contributed by atoms with van der Waals surface area (Å²) < 4.78 is 130. The maximum absolute atomic E-state index is 13.9. The molecule has 1 aliphatic heterocycles. The fraction of sp³-hybridized carbons (Fsp3) is 0.360. The van der Waals surface area contributed by atoms with Gasteiger partial charge in [0.05, 0.1) is 18.3 Å². The Hall–Kier alpha value is -3.35. The van der Waals surface area contributed by atoms with Gasteiger partial charge in [0, 0.05) is 17.5 Å². The lowest BCUT2D eigenvalue weighted by Crippen LogP contribution is -2.52. The molecule has 2 aliphatic rings. The fourth-order valence-electron chi connectivity index (χ4n) is 4.37. The van der Waals surface area contributed by atoms with Crippen LogP contribution in [-0.4, -0.2) is 49.1 Å². The van der Waals surface area contributed by atoms with Crippen LogP contribution in [-0.2, 0) is 4.74 Å². The summed E-state index contributed by atoms with van der Waals surface area (Å²) in [4.78, 5) is 1.15. The summed E-state index contributed by atoms with van der Waals surface area (Å²) in [5.74, 6) is -3.28. The number of hydrogen-bond acceptors (Lipinski definition) is 4. The van der Waals surface area contributed by atoms with Gasteiger partial charge >= 0.3 is 18.7 Å². The van der Waals surface area contributed by atoms with E-state index in [1.54, 1.807) is 0 Å². The number of nitrogens with zero attached hydrogens (tertiary/aromatic N) is 1. The van der Waals surface area contributed by atoms with Crippen LogP contribution in [0.15, 0.2) is 60.4 Å². The first kappa shape index (κ1) is 27.7. The van der Waals surface area contributed by atoms with E-state index in [4.69, 9.17) is 4.74 Å². The summed E-state index contributed by atoms with van der Waals surface area (Å²) in [6, 6.07) is 5.87. The van der Waals surface area contributed by atoms with Gasteiger partial charge < -0.3 is 19.5 Å². The minimum atomic E-state index is -5.01. The van der Waals surface area contributed by atoms with Gasteiger partial charge in [0.1, 0.15) is 24.0 Å². The van der Waals surface area contributed by atoms with E-state index in [1.165, 1.54) is 24.3 Å². The summed E-state index contributed by atoms with van der Waals surface area (Å²) in [6.45, 7) is -1.33. The Morgan fingerprint density at radius 2 is 1.74 bits per heavy atom. The van der Waals surface area contributed by atoms with Gasteiger partial charge in [-0.05, 0) is 42.3 Å². The Labute approximate surface area is 210 Å². The average Bonchev–Trinajstić information content (AvgIpc) is 2.82. The van der Waals surface area contributed by atoms with Crippen LogP contribution in [0.1, 0.15) is 6.42 Å². The SMILES string of the molecule is O[C@H](CN1c2cccc(-c3cc(F)cc(F)c3)c2OC[C@@H]1C1C=C(OC(F)(F)C(F)F)C=CC1)C(F)(F)F. The van der Waals surface area contributed by atoms with Crippen molar-refractivity contribution in [2.45, 2.75) is 37.3 Å². The molecule has 4 rings (SSSR count). The van der Waals surface area contributed by atoms with Crippen LogP contribution in [0.3, 0.4) is 0 Å². The average molecular weight is 553 g/mol. The Morgan fingerprint density at radius 1 is 1.05 bits per heavy atom. The first-order chi connectivity index (χ1) is 17.8. The minimum Gasteiger partial charge on any atom is -0.489 e. The molecule has 1 heterocycles. The van der Waals surface area contributed by atoms with Crippen molar-refractivity contribution in [3.8, 4) is 16.9 Å². The first-order valence-corrected chi connectivity index (χ1v) is 11.2. The van der Waals surface area contributed by atoms with Gasteiger partial charge in [-0.25, -0.2) is 8.78 Å². The zero-order valence-electron chi connectivity index (χ0n) is 19.2. The number of alkyl halides is 7. The number of anilines is 1. The Morgan fingerprint density at radius 3 is 2.37 bits per heavy atom. The van der Waals surface area contributed by atoms with Crippen molar-refractivity contribution in [2.75, 3.05) is 18.1 Å². The second-order valence-corrected chi connectivity index (χ2v) is 8.74. The highest BCUT2D eigenvalue weighted by atomic mass is 19.4. The largest absolute Gasteiger partial charge is 0.489 e. The molecule has 4 nitrogen and oxygen atoms in total. The molecular weight excluding hydrogens is 533 g/mol. The second-order valence-electron chi connectivity index (χ2n) is 8.74. The Balaban J connectivity index is 1.74. The van der Waals surface area contributed by atoms with Gasteiger partial charge in [-0.1, -0.05) is 18.2 Å². The molecule has 2 aromatic carbocycles. The molecule has 0 amide bonds. The molecule has 13 heteroatoms. The summed E-state index contributed by atoms with van der Waals surface area (Å²) in [7, 11) is 0.